The monoisotopic (exact) mass is 282 g/mol. The van der Waals surface area contributed by atoms with E-state index in [9.17, 15) is 0 Å². The van der Waals surface area contributed by atoms with E-state index in [1.807, 2.05) is 11.7 Å². The van der Waals surface area contributed by atoms with Gasteiger partial charge in [-0.2, -0.15) is 5.10 Å². The van der Waals surface area contributed by atoms with Gasteiger partial charge in [0.2, 0.25) is 0 Å². The molecule has 0 bridgehead atoms. The van der Waals surface area contributed by atoms with Gasteiger partial charge in [0.1, 0.15) is 0 Å². The molecule has 1 aromatic carbocycles. The fourth-order valence-corrected chi connectivity index (χ4v) is 2.68. The lowest BCUT2D eigenvalue weighted by Gasteiger charge is -2.01. The molecule has 2 aromatic heterocycles. The summed E-state index contributed by atoms with van der Waals surface area (Å²) >= 11 is 0. The fraction of sp³-hybridized carbons (Fsp3) is 0.353. The van der Waals surface area contributed by atoms with Gasteiger partial charge in [0.15, 0.2) is 0 Å². The lowest BCUT2D eigenvalue weighted by atomic mass is 10.2. The van der Waals surface area contributed by atoms with Crippen LogP contribution < -0.4 is 5.32 Å². The number of nitrogens with zero attached hydrogens (tertiary/aromatic N) is 3. The molecule has 0 unspecified atom stereocenters. The lowest BCUT2D eigenvalue weighted by molar-refractivity contribution is 0.671. The molecule has 0 atom stereocenters. The van der Waals surface area contributed by atoms with Gasteiger partial charge in [0.05, 0.1) is 17.8 Å². The zero-order valence-corrected chi connectivity index (χ0v) is 12.7. The first kappa shape index (κ1) is 13.9. The van der Waals surface area contributed by atoms with Crippen LogP contribution in [0.2, 0.25) is 0 Å². The highest BCUT2D eigenvalue weighted by Crippen LogP contribution is 2.18. The number of rotatable bonds is 6. The van der Waals surface area contributed by atoms with Crippen molar-refractivity contribution in [3.8, 4) is 0 Å². The molecule has 0 spiro atoms. The summed E-state index contributed by atoms with van der Waals surface area (Å²) in [5, 5.41) is 9.31. The number of benzene rings is 1. The molecule has 0 saturated carbocycles. The first-order valence-corrected chi connectivity index (χ1v) is 7.54. The Morgan fingerprint density at radius 3 is 2.90 bits per heavy atom. The van der Waals surface area contributed by atoms with Crippen LogP contribution in [0.15, 0.2) is 42.7 Å². The van der Waals surface area contributed by atoms with Crippen LogP contribution in [0.1, 0.15) is 24.6 Å². The molecule has 3 aromatic rings. The highest BCUT2D eigenvalue weighted by atomic mass is 15.3. The maximum Gasteiger partial charge on any atom is 0.0900 e. The third-order valence-electron chi connectivity index (χ3n) is 3.73. The summed E-state index contributed by atoms with van der Waals surface area (Å²) in [6, 6.07) is 10.6. The van der Waals surface area contributed by atoms with Crippen LogP contribution in [0.4, 0.5) is 0 Å². The van der Waals surface area contributed by atoms with Crippen LogP contribution in [0.25, 0.3) is 10.9 Å². The van der Waals surface area contributed by atoms with Gasteiger partial charge in [-0.1, -0.05) is 25.1 Å². The molecule has 0 saturated heterocycles. The van der Waals surface area contributed by atoms with Gasteiger partial charge in [-0.25, -0.2) is 0 Å². The molecular weight excluding hydrogens is 260 g/mol. The maximum absolute atomic E-state index is 4.65. The number of aromatic nitrogens is 3. The Bertz CT molecular complexity index is 723. The van der Waals surface area contributed by atoms with Gasteiger partial charge in [0, 0.05) is 31.4 Å². The fourth-order valence-electron chi connectivity index (χ4n) is 2.68. The summed E-state index contributed by atoms with van der Waals surface area (Å²) in [7, 11) is 2.00. The second kappa shape index (κ2) is 6.14. The van der Waals surface area contributed by atoms with Crippen molar-refractivity contribution in [2.45, 2.75) is 26.4 Å². The van der Waals surface area contributed by atoms with Crippen LogP contribution in [0, 0.1) is 0 Å². The van der Waals surface area contributed by atoms with E-state index in [4.69, 9.17) is 0 Å². The summed E-state index contributed by atoms with van der Waals surface area (Å²) in [6.07, 6.45) is 5.50. The minimum absolute atomic E-state index is 0.815. The van der Waals surface area contributed by atoms with E-state index < -0.39 is 0 Å². The molecule has 0 radical (unpaired) electrons. The van der Waals surface area contributed by atoms with E-state index >= 15 is 0 Å². The predicted molar refractivity (Wildman–Crippen MR) is 86.2 cm³/mol. The van der Waals surface area contributed by atoms with Crippen LogP contribution in [0.5, 0.6) is 0 Å². The van der Waals surface area contributed by atoms with Gasteiger partial charge in [-0.3, -0.25) is 4.68 Å². The van der Waals surface area contributed by atoms with Crippen LogP contribution >= 0.6 is 0 Å². The van der Waals surface area contributed by atoms with Gasteiger partial charge < -0.3 is 9.88 Å². The average molecular weight is 282 g/mol. The van der Waals surface area contributed by atoms with Gasteiger partial charge in [-0.15, -0.1) is 0 Å². The Morgan fingerprint density at radius 1 is 1.19 bits per heavy atom. The molecule has 21 heavy (non-hydrogen) atoms. The van der Waals surface area contributed by atoms with Gasteiger partial charge >= 0.3 is 0 Å². The third-order valence-corrected chi connectivity index (χ3v) is 3.73. The molecule has 2 heterocycles. The summed E-state index contributed by atoms with van der Waals surface area (Å²) < 4.78 is 4.16. The topological polar surface area (TPSA) is 34.8 Å². The van der Waals surface area contributed by atoms with Crippen molar-refractivity contribution in [1.82, 2.24) is 19.7 Å². The first-order chi connectivity index (χ1) is 10.3. The second-order valence-corrected chi connectivity index (χ2v) is 5.46. The molecule has 0 aliphatic rings. The Hall–Kier alpha value is -2.07. The van der Waals surface area contributed by atoms with Crippen molar-refractivity contribution in [1.29, 1.82) is 0 Å². The van der Waals surface area contributed by atoms with E-state index in [0.29, 0.717) is 0 Å². The third kappa shape index (κ3) is 3.00. The second-order valence-electron chi connectivity index (χ2n) is 5.46. The molecule has 1 N–H and O–H groups in total. The van der Waals surface area contributed by atoms with Crippen molar-refractivity contribution in [3.63, 3.8) is 0 Å². The number of hydrogen-bond donors (Lipinski definition) is 1. The molecule has 0 aliphatic heterocycles. The normalized spacial score (nSPS) is 11.3. The Balaban J connectivity index is 1.76. The smallest absolute Gasteiger partial charge is 0.0900 e. The van der Waals surface area contributed by atoms with Gasteiger partial charge in [-0.05, 0) is 30.7 Å². The largest absolute Gasteiger partial charge is 0.348 e. The van der Waals surface area contributed by atoms with E-state index in [0.717, 1.165) is 25.3 Å². The SMILES string of the molecule is CCCNCc1ccn(Cc2nn(C)c3ccccc23)c1. The summed E-state index contributed by atoms with van der Waals surface area (Å²) in [4.78, 5) is 0. The first-order valence-electron chi connectivity index (χ1n) is 7.54. The number of fused-ring (bicyclic) bond motifs is 1. The van der Waals surface area contributed by atoms with Crippen molar-refractivity contribution in [2.75, 3.05) is 6.54 Å². The van der Waals surface area contributed by atoms with Crippen LogP contribution in [-0.4, -0.2) is 20.9 Å². The van der Waals surface area contributed by atoms with E-state index in [-0.39, 0.29) is 0 Å². The quantitative estimate of drug-likeness (QED) is 0.705. The molecular formula is C17H22N4. The minimum atomic E-state index is 0.815. The summed E-state index contributed by atoms with van der Waals surface area (Å²) in [5.41, 5.74) is 3.63. The molecule has 110 valence electrons. The molecule has 0 fully saturated rings. The number of para-hydroxylation sites is 1. The Morgan fingerprint density at radius 2 is 2.05 bits per heavy atom. The molecule has 3 rings (SSSR count). The number of aryl methyl sites for hydroxylation is 1. The molecule has 4 nitrogen and oxygen atoms in total. The maximum atomic E-state index is 4.65. The number of nitrogens with one attached hydrogen (secondary N) is 1. The number of hydrogen-bond acceptors (Lipinski definition) is 2. The van der Waals surface area contributed by atoms with Crippen molar-refractivity contribution < 1.29 is 0 Å². The molecule has 0 aliphatic carbocycles. The lowest BCUT2D eigenvalue weighted by Crippen LogP contribution is -2.13. The van der Waals surface area contributed by atoms with Crippen molar-refractivity contribution >= 4 is 10.9 Å². The van der Waals surface area contributed by atoms with Crippen molar-refractivity contribution in [3.05, 3.63) is 54.0 Å². The van der Waals surface area contributed by atoms with Crippen molar-refractivity contribution in [2.24, 2.45) is 7.05 Å². The molecule has 0 amide bonds. The van der Waals surface area contributed by atoms with E-state index in [2.05, 4.69) is 64.6 Å². The Kier molecular flexibility index (Phi) is 4.06. The molecule has 4 heteroatoms. The average Bonchev–Trinajstić information content (AvgIpc) is 3.06. The van der Waals surface area contributed by atoms with Gasteiger partial charge in [0.25, 0.3) is 0 Å². The highest BCUT2D eigenvalue weighted by Gasteiger charge is 2.08. The zero-order chi connectivity index (χ0) is 14.7. The van der Waals surface area contributed by atoms with Crippen LogP contribution in [-0.2, 0) is 20.1 Å². The predicted octanol–water partition coefficient (Wildman–Crippen LogP) is 2.92. The summed E-state index contributed by atoms with van der Waals surface area (Å²) in [5.74, 6) is 0. The van der Waals surface area contributed by atoms with Crippen LogP contribution in [0.3, 0.4) is 0 Å². The highest BCUT2D eigenvalue weighted by molar-refractivity contribution is 5.81. The minimum Gasteiger partial charge on any atom is -0.348 e. The zero-order valence-electron chi connectivity index (χ0n) is 12.7. The van der Waals surface area contributed by atoms with E-state index in [1.54, 1.807) is 0 Å². The summed E-state index contributed by atoms with van der Waals surface area (Å²) in [6.45, 7) is 5.00. The van der Waals surface area contributed by atoms with E-state index in [1.165, 1.54) is 22.9 Å². The standard InChI is InChI=1S/C17H22N4/c1-3-9-18-11-14-8-10-21(12-14)13-16-15-6-4-5-7-17(15)20(2)19-16/h4-8,10,12,18H,3,9,11,13H2,1-2H3. The Labute approximate surface area is 125 Å².